The van der Waals surface area contributed by atoms with Crippen LogP contribution in [0.25, 0.3) is 21.8 Å². The number of benzene rings is 3. The zero-order valence-corrected chi connectivity index (χ0v) is 18.9. The van der Waals surface area contributed by atoms with Gasteiger partial charge in [0.25, 0.3) is 0 Å². The maximum atomic E-state index is 13.4. The van der Waals surface area contributed by atoms with Crippen molar-refractivity contribution >= 4 is 51.1 Å². The van der Waals surface area contributed by atoms with E-state index in [9.17, 15) is 14.4 Å². The van der Waals surface area contributed by atoms with E-state index in [4.69, 9.17) is 5.26 Å². The maximum Gasteiger partial charge on any atom is 0.248 e. The van der Waals surface area contributed by atoms with Gasteiger partial charge in [-0.15, -0.1) is 11.8 Å². The molecule has 0 spiro atoms. The lowest BCUT2D eigenvalue weighted by molar-refractivity contribution is -0.136. The highest BCUT2D eigenvalue weighted by Crippen LogP contribution is 2.25. The van der Waals surface area contributed by atoms with Gasteiger partial charge < -0.3 is 14.8 Å². The molecular formula is C26H20N4O3S. The molecule has 2 amide bonds. The van der Waals surface area contributed by atoms with Crippen LogP contribution in [0.1, 0.15) is 5.56 Å². The largest absolute Gasteiger partial charge is 0.331 e. The SMILES string of the molecule is N#Cc1ccc(NC(=O)C2CSCN2C(=O)Cn2c3ccccc3c(=O)c3ccccc32)cc1. The summed E-state index contributed by atoms with van der Waals surface area (Å²) in [5.41, 5.74) is 2.39. The van der Waals surface area contributed by atoms with Crippen LogP contribution in [0, 0.1) is 11.3 Å². The Hall–Kier alpha value is -4.09. The number of anilines is 1. The number of pyridine rings is 1. The van der Waals surface area contributed by atoms with Gasteiger partial charge in [0.05, 0.1) is 28.5 Å². The molecule has 0 aliphatic carbocycles. The van der Waals surface area contributed by atoms with Crippen molar-refractivity contribution in [2.24, 2.45) is 0 Å². The van der Waals surface area contributed by atoms with Gasteiger partial charge in [-0.1, -0.05) is 24.3 Å². The van der Waals surface area contributed by atoms with Crippen LogP contribution < -0.4 is 10.7 Å². The lowest BCUT2D eigenvalue weighted by Crippen LogP contribution is -2.45. The van der Waals surface area contributed by atoms with Gasteiger partial charge >= 0.3 is 0 Å². The second kappa shape index (κ2) is 9.04. The highest BCUT2D eigenvalue weighted by molar-refractivity contribution is 7.99. The Labute approximate surface area is 199 Å². The van der Waals surface area contributed by atoms with Gasteiger partial charge in [0.1, 0.15) is 12.6 Å². The molecule has 1 saturated heterocycles. The number of rotatable bonds is 4. The van der Waals surface area contributed by atoms with Gasteiger partial charge in [0.2, 0.25) is 11.8 Å². The number of carbonyl (C=O) groups excluding carboxylic acids is 2. The van der Waals surface area contributed by atoms with E-state index in [2.05, 4.69) is 5.32 Å². The van der Waals surface area contributed by atoms with Gasteiger partial charge in [-0.2, -0.15) is 5.26 Å². The lowest BCUT2D eigenvalue weighted by atomic mass is 10.1. The van der Waals surface area contributed by atoms with E-state index in [-0.39, 0.29) is 23.8 Å². The van der Waals surface area contributed by atoms with Gasteiger partial charge in [0, 0.05) is 22.2 Å². The molecule has 2 heterocycles. The highest BCUT2D eigenvalue weighted by Gasteiger charge is 2.35. The van der Waals surface area contributed by atoms with Crippen LogP contribution in [-0.2, 0) is 16.1 Å². The van der Waals surface area contributed by atoms with Crippen molar-refractivity contribution in [3.05, 3.63) is 88.6 Å². The van der Waals surface area contributed by atoms with Crippen molar-refractivity contribution in [1.29, 1.82) is 5.26 Å². The van der Waals surface area contributed by atoms with E-state index in [0.29, 0.717) is 44.7 Å². The molecule has 7 nitrogen and oxygen atoms in total. The molecular weight excluding hydrogens is 448 g/mol. The van der Waals surface area contributed by atoms with Gasteiger partial charge in [-0.05, 0) is 48.5 Å². The predicted octanol–water partition coefficient (Wildman–Crippen LogP) is 3.57. The van der Waals surface area contributed by atoms with E-state index < -0.39 is 6.04 Å². The molecule has 1 fully saturated rings. The molecule has 1 atom stereocenters. The first-order valence-electron chi connectivity index (χ1n) is 10.8. The minimum Gasteiger partial charge on any atom is -0.331 e. The van der Waals surface area contributed by atoms with E-state index in [1.54, 1.807) is 41.3 Å². The molecule has 168 valence electrons. The minimum atomic E-state index is -0.606. The lowest BCUT2D eigenvalue weighted by Gasteiger charge is -2.24. The van der Waals surface area contributed by atoms with Crippen LogP contribution in [0.5, 0.6) is 0 Å². The molecule has 0 bridgehead atoms. The Kier molecular flexibility index (Phi) is 5.78. The smallest absolute Gasteiger partial charge is 0.248 e. The fourth-order valence-corrected chi connectivity index (χ4v) is 5.41. The zero-order chi connectivity index (χ0) is 23.7. The van der Waals surface area contributed by atoms with Crippen molar-refractivity contribution in [2.75, 3.05) is 16.9 Å². The molecule has 1 unspecified atom stereocenters. The first kappa shape index (κ1) is 21.7. The normalized spacial score (nSPS) is 15.4. The number of amides is 2. The molecule has 8 heteroatoms. The molecule has 1 aliphatic rings. The van der Waals surface area contributed by atoms with Crippen molar-refractivity contribution in [2.45, 2.75) is 12.6 Å². The summed E-state index contributed by atoms with van der Waals surface area (Å²) in [6.45, 7) is 0.0164. The summed E-state index contributed by atoms with van der Waals surface area (Å²) < 4.78 is 1.85. The number of hydrogen-bond donors (Lipinski definition) is 1. The Morgan fingerprint density at radius 3 is 2.21 bits per heavy atom. The number of nitrogens with zero attached hydrogens (tertiary/aromatic N) is 3. The van der Waals surface area contributed by atoms with E-state index in [0.717, 1.165) is 0 Å². The summed E-state index contributed by atoms with van der Waals surface area (Å²) in [5.74, 6) is 0.460. The second-order valence-corrected chi connectivity index (χ2v) is 9.01. The minimum absolute atomic E-state index is 0.0164. The highest BCUT2D eigenvalue weighted by atomic mass is 32.2. The molecule has 1 N–H and O–H groups in total. The molecule has 0 radical (unpaired) electrons. The third-order valence-electron chi connectivity index (χ3n) is 5.96. The molecule has 4 aromatic rings. The van der Waals surface area contributed by atoms with Crippen molar-refractivity contribution in [1.82, 2.24) is 9.47 Å². The molecule has 1 aliphatic heterocycles. The van der Waals surface area contributed by atoms with Crippen LogP contribution in [-0.4, -0.2) is 39.0 Å². The zero-order valence-electron chi connectivity index (χ0n) is 18.1. The van der Waals surface area contributed by atoms with Gasteiger partial charge in [0.15, 0.2) is 5.43 Å². The van der Waals surface area contributed by atoms with E-state index in [1.165, 1.54) is 11.8 Å². The van der Waals surface area contributed by atoms with Gasteiger partial charge in [-0.3, -0.25) is 14.4 Å². The summed E-state index contributed by atoms with van der Waals surface area (Å²) in [7, 11) is 0. The Morgan fingerprint density at radius 1 is 0.971 bits per heavy atom. The number of aromatic nitrogens is 1. The van der Waals surface area contributed by atoms with Crippen LogP contribution in [0.3, 0.4) is 0 Å². The summed E-state index contributed by atoms with van der Waals surface area (Å²) >= 11 is 1.53. The molecule has 1 aromatic heterocycles. The molecule has 0 saturated carbocycles. The third kappa shape index (κ3) is 3.91. The summed E-state index contributed by atoms with van der Waals surface area (Å²) in [6.07, 6.45) is 0. The maximum absolute atomic E-state index is 13.4. The second-order valence-electron chi connectivity index (χ2n) is 8.01. The van der Waals surface area contributed by atoms with Crippen LogP contribution in [0.4, 0.5) is 5.69 Å². The summed E-state index contributed by atoms with van der Waals surface area (Å²) in [6, 6.07) is 22.6. The number of hydrogen-bond acceptors (Lipinski definition) is 5. The first-order chi connectivity index (χ1) is 16.6. The van der Waals surface area contributed by atoms with Gasteiger partial charge in [-0.25, -0.2) is 0 Å². The van der Waals surface area contributed by atoms with E-state index in [1.807, 2.05) is 47.0 Å². The molecule has 3 aromatic carbocycles. The third-order valence-corrected chi connectivity index (χ3v) is 6.97. The van der Waals surface area contributed by atoms with Crippen LogP contribution in [0.15, 0.2) is 77.6 Å². The van der Waals surface area contributed by atoms with Crippen LogP contribution >= 0.6 is 11.8 Å². The first-order valence-corrected chi connectivity index (χ1v) is 11.9. The Balaban J connectivity index is 1.43. The standard InChI is InChI=1S/C26H20N4O3S/c27-13-17-9-11-18(12-10-17)28-26(33)23-15-34-16-30(23)24(31)14-29-21-7-3-1-5-19(21)25(32)20-6-2-4-8-22(20)29/h1-12,23H,14-16H2,(H,28,33). The van der Waals surface area contributed by atoms with Crippen LogP contribution in [0.2, 0.25) is 0 Å². The number of fused-ring (bicyclic) bond motifs is 2. The summed E-state index contributed by atoms with van der Waals surface area (Å²) in [4.78, 5) is 41.0. The van der Waals surface area contributed by atoms with Crippen molar-refractivity contribution in [3.63, 3.8) is 0 Å². The fraction of sp³-hybridized carbons (Fsp3) is 0.154. The Bertz CT molecular complexity index is 1460. The Morgan fingerprint density at radius 2 is 1.59 bits per heavy atom. The number of nitriles is 1. The molecule has 34 heavy (non-hydrogen) atoms. The summed E-state index contributed by atoms with van der Waals surface area (Å²) in [5, 5.41) is 12.9. The van der Waals surface area contributed by atoms with Crippen molar-refractivity contribution < 1.29 is 9.59 Å². The van der Waals surface area contributed by atoms with E-state index >= 15 is 0 Å². The number of nitrogens with one attached hydrogen (secondary N) is 1. The van der Waals surface area contributed by atoms with Crippen molar-refractivity contribution in [3.8, 4) is 6.07 Å². The number of para-hydroxylation sites is 2. The topological polar surface area (TPSA) is 95.2 Å². The predicted molar refractivity (Wildman–Crippen MR) is 133 cm³/mol. The monoisotopic (exact) mass is 468 g/mol. The molecule has 5 rings (SSSR count). The number of carbonyl (C=O) groups is 2. The quantitative estimate of drug-likeness (QED) is 0.462. The fourth-order valence-electron chi connectivity index (χ4n) is 4.23. The number of thioether (sulfide) groups is 1. The average molecular weight is 469 g/mol. The average Bonchev–Trinajstić information content (AvgIpc) is 3.37.